The quantitative estimate of drug-likeness (QED) is 0.892. The summed E-state index contributed by atoms with van der Waals surface area (Å²) in [6, 6.07) is 5.86. The summed E-state index contributed by atoms with van der Waals surface area (Å²) in [6.07, 6.45) is 6.47. The lowest BCUT2D eigenvalue weighted by atomic mass is 9.94. The average Bonchev–Trinajstić information content (AvgIpc) is 2.94. The van der Waals surface area contributed by atoms with E-state index in [9.17, 15) is 8.42 Å². The molecule has 8 heteroatoms. The third-order valence-corrected chi connectivity index (χ3v) is 4.36. The van der Waals surface area contributed by atoms with Crippen molar-refractivity contribution in [3.05, 3.63) is 36.3 Å². The molecule has 0 aliphatic carbocycles. The number of aromatic nitrogens is 3. The van der Waals surface area contributed by atoms with Crippen LogP contribution in [0.1, 0.15) is 24.5 Å². The number of hydrogen-bond donors (Lipinski definition) is 2. The second-order valence-corrected chi connectivity index (χ2v) is 7.29. The van der Waals surface area contributed by atoms with Crippen LogP contribution in [0.5, 0.6) is 0 Å². The SMILES string of the molecule is CS(=O)(=O)Nc1cn[nH]c1C1CCCN(c2ccccn2)C1. The maximum atomic E-state index is 11.4. The van der Waals surface area contributed by atoms with E-state index in [1.54, 1.807) is 6.20 Å². The maximum Gasteiger partial charge on any atom is 0.229 e. The molecular weight excluding hydrogens is 302 g/mol. The number of anilines is 2. The first-order valence-electron chi connectivity index (χ1n) is 7.20. The molecule has 0 bridgehead atoms. The van der Waals surface area contributed by atoms with Gasteiger partial charge in [0.15, 0.2) is 0 Å². The molecule has 0 spiro atoms. The maximum absolute atomic E-state index is 11.4. The zero-order valence-corrected chi connectivity index (χ0v) is 13.2. The Hall–Kier alpha value is -2.09. The van der Waals surface area contributed by atoms with E-state index in [-0.39, 0.29) is 5.92 Å². The number of aromatic amines is 1. The zero-order chi connectivity index (χ0) is 15.6. The highest BCUT2D eigenvalue weighted by Crippen LogP contribution is 2.32. The largest absolute Gasteiger partial charge is 0.356 e. The van der Waals surface area contributed by atoms with Gasteiger partial charge in [0.2, 0.25) is 10.0 Å². The smallest absolute Gasteiger partial charge is 0.229 e. The number of nitrogens with one attached hydrogen (secondary N) is 2. The molecule has 1 aliphatic rings. The van der Waals surface area contributed by atoms with Gasteiger partial charge in [0.05, 0.1) is 23.8 Å². The Balaban J connectivity index is 1.80. The molecule has 1 fully saturated rings. The Kier molecular flexibility index (Phi) is 4.02. The molecule has 1 saturated heterocycles. The van der Waals surface area contributed by atoms with Gasteiger partial charge < -0.3 is 4.90 Å². The summed E-state index contributed by atoms with van der Waals surface area (Å²) in [6.45, 7) is 1.74. The first-order valence-corrected chi connectivity index (χ1v) is 9.09. The van der Waals surface area contributed by atoms with E-state index in [2.05, 4.69) is 24.8 Å². The number of hydrogen-bond acceptors (Lipinski definition) is 5. The Labute approximate surface area is 129 Å². The molecule has 1 unspecified atom stereocenters. The topological polar surface area (TPSA) is 91.0 Å². The highest BCUT2D eigenvalue weighted by Gasteiger charge is 2.26. The predicted octanol–water partition coefficient (Wildman–Crippen LogP) is 1.56. The molecule has 22 heavy (non-hydrogen) atoms. The molecule has 7 nitrogen and oxygen atoms in total. The predicted molar refractivity (Wildman–Crippen MR) is 85.5 cm³/mol. The first-order chi connectivity index (χ1) is 10.5. The number of sulfonamides is 1. The number of piperidine rings is 1. The third kappa shape index (κ3) is 3.38. The van der Waals surface area contributed by atoms with Gasteiger partial charge in [-0.2, -0.15) is 5.10 Å². The molecule has 0 aromatic carbocycles. The number of rotatable bonds is 4. The summed E-state index contributed by atoms with van der Waals surface area (Å²) in [5, 5.41) is 6.94. The molecule has 2 N–H and O–H groups in total. The fraction of sp³-hybridized carbons (Fsp3) is 0.429. The van der Waals surface area contributed by atoms with Crippen LogP contribution >= 0.6 is 0 Å². The molecule has 2 aromatic rings. The normalized spacial score (nSPS) is 19.1. The number of nitrogens with zero attached hydrogens (tertiary/aromatic N) is 3. The second-order valence-electron chi connectivity index (χ2n) is 5.54. The van der Waals surface area contributed by atoms with Crippen LogP contribution in [-0.2, 0) is 10.0 Å². The minimum atomic E-state index is -3.31. The van der Waals surface area contributed by atoms with Crippen molar-refractivity contribution in [3.63, 3.8) is 0 Å². The van der Waals surface area contributed by atoms with E-state index in [0.717, 1.165) is 43.7 Å². The molecule has 0 amide bonds. The fourth-order valence-electron chi connectivity index (χ4n) is 2.85. The van der Waals surface area contributed by atoms with Gasteiger partial charge in [0, 0.05) is 25.2 Å². The summed E-state index contributed by atoms with van der Waals surface area (Å²) < 4.78 is 25.4. The fourth-order valence-corrected chi connectivity index (χ4v) is 3.41. The van der Waals surface area contributed by atoms with Crippen LogP contribution in [0.3, 0.4) is 0 Å². The van der Waals surface area contributed by atoms with Gasteiger partial charge in [-0.05, 0) is 25.0 Å². The Morgan fingerprint density at radius 1 is 1.41 bits per heavy atom. The highest BCUT2D eigenvalue weighted by molar-refractivity contribution is 7.92. The van der Waals surface area contributed by atoms with Crippen LogP contribution in [0.25, 0.3) is 0 Å². The van der Waals surface area contributed by atoms with Crippen molar-refractivity contribution in [2.45, 2.75) is 18.8 Å². The lowest BCUT2D eigenvalue weighted by molar-refractivity contribution is 0.499. The molecule has 1 aliphatic heterocycles. The van der Waals surface area contributed by atoms with Crippen molar-refractivity contribution >= 4 is 21.5 Å². The van der Waals surface area contributed by atoms with Crippen LogP contribution in [0.15, 0.2) is 30.6 Å². The van der Waals surface area contributed by atoms with Crippen molar-refractivity contribution in [1.82, 2.24) is 15.2 Å². The van der Waals surface area contributed by atoms with Gasteiger partial charge in [-0.3, -0.25) is 9.82 Å². The molecule has 0 saturated carbocycles. The highest BCUT2D eigenvalue weighted by atomic mass is 32.2. The Morgan fingerprint density at radius 3 is 3.00 bits per heavy atom. The molecule has 2 aromatic heterocycles. The van der Waals surface area contributed by atoms with Crippen molar-refractivity contribution in [1.29, 1.82) is 0 Å². The van der Waals surface area contributed by atoms with Crippen molar-refractivity contribution in [3.8, 4) is 0 Å². The summed E-state index contributed by atoms with van der Waals surface area (Å²) in [7, 11) is -3.31. The lowest BCUT2D eigenvalue weighted by Crippen LogP contribution is -2.35. The summed E-state index contributed by atoms with van der Waals surface area (Å²) in [5.74, 6) is 1.15. The first kappa shape index (κ1) is 14.8. The van der Waals surface area contributed by atoms with E-state index in [1.165, 1.54) is 6.20 Å². The van der Waals surface area contributed by atoms with E-state index in [4.69, 9.17) is 0 Å². The number of pyridine rings is 1. The zero-order valence-electron chi connectivity index (χ0n) is 12.4. The van der Waals surface area contributed by atoms with Crippen LogP contribution in [0.4, 0.5) is 11.5 Å². The van der Waals surface area contributed by atoms with Crippen LogP contribution in [0, 0.1) is 0 Å². The Bertz CT molecular complexity index is 729. The van der Waals surface area contributed by atoms with Crippen molar-refractivity contribution in [2.24, 2.45) is 0 Å². The summed E-state index contributed by atoms with van der Waals surface area (Å²) in [4.78, 5) is 6.61. The molecule has 1 atom stereocenters. The monoisotopic (exact) mass is 321 g/mol. The molecule has 3 heterocycles. The second kappa shape index (κ2) is 5.96. The van der Waals surface area contributed by atoms with Gasteiger partial charge in [0.1, 0.15) is 5.82 Å². The van der Waals surface area contributed by atoms with Gasteiger partial charge in [0.25, 0.3) is 0 Å². The van der Waals surface area contributed by atoms with Gasteiger partial charge in [-0.15, -0.1) is 0 Å². The van der Waals surface area contributed by atoms with E-state index < -0.39 is 10.0 Å². The van der Waals surface area contributed by atoms with Gasteiger partial charge in [-0.1, -0.05) is 6.07 Å². The molecule has 118 valence electrons. The van der Waals surface area contributed by atoms with Crippen molar-refractivity contribution < 1.29 is 8.42 Å². The molecular formula is C14H19N5O2S. The Morgan fingerprint density at radius 2 is 2.27 bits per heavy atom. The van der Waals surface area contributed by atoms with Gasteiger partial charge in [-0.25, -0.2) is 13.4 Å². The standard InChI is InChI=1S/C14H19N5O2S/c1-22(20,21)18-12-9-16-17-14(12)11-5-4-8-19(10-11)13-6-2-3-7-15-13/h2-3,6-7,9,11,18H,4-5,8,10H2,1H3,(H,16,17). The van der Waals surface area contributed by atoms with E-state index in [0.29, 0.717) is 5.69 Å². The average molecular weight is 321 g/mol. The molecule has 0 radical (unpaired) electrons. The van der Waals surface area contributed by atoms with Crippen LogP contribution in [0.2, 0.25) is 0 Å². The van der Waals surface area contributed by atoms with Gasteiger partial charge >= 0.3 is 0 Å². The van der Waals surface area contributed by atoms with Crippen LogP contribution < -0.4 is 9.62 Å². The third-order valence-electron chi connectivity index (χ3n) is 3.77. The van der Waals surface area contributed by atoms with Crippen molar-refractivity contribution in [2.75, 3.05) is 29.0 Å². The van der Waals surface area contributed by atoms with Crippen LogP contribution in [-0.4, -0.2) is 42.9 Å². The minimum absolute atomic E-state index is 0.197. The number of H-pyrrole nitrogens is 1. The molecule has 3 rings (SSSR count). The van der Waals surface area contributed by atoms with E-state index in [1.807, 2.05) is 18.2 Å². The van der Waals surface area contributed by atoms with E-state index >= 15 is 0 Å². The summed E-state index contributed by atoms with van der Waals surface area (Å²) in [5.41, 5.74) is 1.38. The minimum Gasteiger partial charge on any atom is -0.356 e. The lowest BCUT2D eigenvalue weighted by Gasteiger charge is -2.33. The summed E-state index contributed by atoms with van der Waals surface area (Å²) >= 11 is 0.